The van der Waals surface area contributed by atoms with Crippen LogP contribution in [0.4, 0.5) is 4.39 Å². The second-order valence-corrected chi connectivity index (χ2v) is 7.97. The number of sulfone groups is 1. The number of nitrogens with zero attached hydrogens (tertiary/aromatic N) is 1. The molecule has 7 heteroatoms. The maximum Gasteiger partial charge on any atom is 0.254 e. The summed E-state index contributed by atoms with van der Waals surface area (Å²) in [6.07, 6.45) is 0.813. The van der Waals surface area contributed by atoms with E-state index < -0.39 is 9.84 Å². The Morgan fingerprint density at radius 1 is 1.12 bits per heavy atom. The molecule has 1 unspecified atom stereocenters. The Morgan fingerprint density at radius 2 is 1.76 bits per heavy atom. The molecule has 1 fully saturated rings. The van der Waals surface area contributed by atoms with Gasteiger partial charge < -0.3 is 9.64 Å². The van der Waals surface area contributed by atoms with E-state index in [2.05, 4.69) is 0 Å². The standard InChI is InChI=1S/C18H18FNO4S/c1-25(22,23)16-8-4-14(5-9-16)18(21)20-10-11-24-17(12-20)13-2-6-15(19)7-3-13/h2-9,17H,10-12H2,1H3. The fourth-order valence-corrected chi connectivity index (χ4v) is 3.37. The van der Waals surface area contributed by atoms with Gasteiger partial charge in [-0.05, 0) is 42.0 Å². The smallest absolute Gasteiger partial charge is 0.254 e. The van der Waals surface area contributed by atoms with E-state index in [4.69, 9.17) is 4.74 Å². The summed E-state index contributed by atoms with van der Waals surface area (Å²) in [6, 6.07) is 11.9. The van der Waals surface area contributed by atoms with Crippen LogP contribution < -0.4 is 0 Å². The molecule has 0 N–H and O–H groups in total. The van der Waals surface area contributed by atoms with Gasteiger partial charge in [-0.1, -0.05) is 12.1 Å². The average Bonchev–Trinajstić information content (AvgIpc) is 2.61. The Labute approximate surface area is 145 Å². The summed E-state index contributed by atoms with van der Waals surface area (Å²) >= 11 is 0. The molecule has 3 rings (SSSR count). The van der Waals surface area contributed by atoms with Crippen LogP contribution in [0.25, 0.3) is 0 Å². The van der Waals surface area contributed by atoms with Gasteiger partial charge in [-0.2, -0.15) is 0 Å². The van der Waals surface area contributed by atoms with Crippen molar-refractivity contribution >= 4 is 15.7 Å². The largest absolute Gasteiger partial charge is 0.370 e. The van der Waals surface area contributed by atoms with Gasteiger partial charge in [-0.15, -0.1) is 0 Å². The third kappa shape index (κ3) is 4.05. The second kappa shape index (κ2) is 6.93. The van der Waals surface area contributed by atoms with Crippen LogP contribution in [-0.4, -0.2) is 45.2 Å². The van der Waals surface area contributed by atoms with Crippen molar-refractivity contribution in [2.75, 3.05) is 26.0 Å². The quantitative estimate of drug-likeness (QED) is 0.840. The molecular weight excluding hydrogens is 345 g/mol. The molecule has 1 aliphatic heterocycles. The van der Waals surface area contributed by atoms with E-state index in [1.54, 1.807) is 17.0 Å². The van der Waals surface area contributed by atoms with Crippen LogP contribution in [0.2, 0.25) is 0 Å². The van der Waals surface area contributed by atoms with Crippen LogP contribution in [-0.2, 0) is 14.6 Å². The number of hydrogen-bond acceptors (Lipinski definition) is 4. The summed E-state index contributed by atoms with van der Waals surface area (Å²) < 4.78 is 41.7. The zero-order valence-electron chi connectivity index (χ0n) is 13.7. The number of benzene rings is 2. The third-order valence-electron chi connectivity index (χ3n) is 4.12. The van der Waals surface area contributed by atoms with Crippen molar-refractivity contribution < 1.29 is 22.3 Å². The minimum atomic E-state index is -3.29. The lowest BCUT2D eigenvalue weighted by Crippen LogP contribution is -2.42. The lowest BCUT2D eigenvalue weighted by Gasteiger charge is -2.33. The average molecular weight is 363 g/mol. The van der Waals surface area contributed by atoms with Gasteiger partial charge in [-0.3, -0.25) is 4.79 Å². The molecule has 1 atom stereocenters. The highest BCUT2D eigenvalue weighted by Crippen LogP contribution is 2.24. The fourth-order valence-electron chi connectivity index (χ4n) is 2.74. The first-order valence-electron chi connectivity index (χ1n) is 7.81. The number of halogens is 1. The van der Waals surface area contributed by atoms with Crippen molar-refractivity contribution in [3.8, 4) is 0 Å². The molecule has 5 nitrogen and oxygen atoms in total. The van der Waals surface area contributed by atoms with Crippen LogP contribution >= 0.6 is 0 Å². The molecule has 2 aromatic carbocycles. The number of amides is 1. The Morgan fingerprint density at radius 3 is 2.36 bits per heavy atom. The molecule has 0 bridgehead atoms. The molecule has 0 aromatic heterocycles. The van der Waals surface area contributed by atoms with Crippen molar-refractivity contribution in [3.05, 3.63) is 65.5 Å². The molecule has 0 aliphatic carbocycles. The van der Waals surface area contributed by atoms with Crippen molar-refractivity contribution in [1.29, 1.82) is 0 Å². The van der Waals surface area contributed by atoms with Gasteiger partial charge in [0.15, 0.2) is 9.84 Å². The van der Waals surface area contributed by atoms with Crippen molar-refractivity contribution in [2.24, 2.45) is 0 Å². The predicted molar refractivity (Wildman–Crippen MR) is 90.5 cm³/mol. The third-order valence-corrected chi connectivity index (χ3v) is 5.25. The molecule has 1 saturated heterocycles. The maximum absolute atomic E-state index is 13.0. The highest BCUT2D eigenvalue weighted by atomic mass is 32.2. The number of carbonyl (C=O) groups excluding carboxylic acids is 1. The topological polar surface area (TPSA) is 63.7 Å². The van der Waals surface area contributed by atoms with Gasteiger partial charge in [0, 0.05) is 18.4 Å². The van der Waals surface area contributed by atoms with Crippen LogP contribution in [0.3, 0.4) is 0 Å². The van der Waals surface area contributed by atoms with Crippen LogP contribution in [0, 0.1) is 5.82 Å². The number of morpholine rings is 1. The van der Waals surface area contributed by atoms with E-state index in [1.165, 1.54) is 36.4 Å². The molecule has 0 spiro atoms. The highest BCUT2D eigenvalue weighted by molar-refractivity contribution is 7.90. The summed E-state index contributed by atoms with van der Waals surface area (Å²) in [5.41, 5.74) is 1.23. The zero-order valence-corrected chi connectivity index (χ0v) is 14.5. The monoisotopic (exact) mass is 363 g/mol. The lowest BCUT2D eigenvalue weighted by atomic mass is 10.1. The minimum Gasteiger partial charge on any atom is -0.370 e. The van der Waals surface area contributed by atoms with Gasteiger partial charge in [0.1, 0.15) is 11.9 Å². The molecule has 132 valence electrons. The molecule has 0 radical (unpaired) electrons. The Balaban J connectivity index is 1.74. The number of carbonyl (C=O) groups is 1. The van der Waals surface area contributed by atoms with E-state index >= 15 is 0 Å². The molecule has 0 saturated carbocycles. The van der Waals surface area contributed by atoms with Crippen molar-refractivity contribution in [2.45, 2.75) is 11.0 Å². The van der Waals surface area contributed by atoms with E-state index in [9.17, 15) is 17.6 Å². The highest BCUT2D eigenvalue weighted by Gasteiger charge is 2.26. The zero-order chi connectivity index (χ0) is 18.0. The van der Waals surface area contributed by atoms with E-state index in [1.807, 2.05) is 0 Å². The lowest BCUT2D eigenvalue weighted by molar-refractivity contribution is -0.0228. The first-order valence-corrected chi connectivity index (χ1v) is 9.70. The Bertz CT molecular complexity index is 863. The molecule has 1 aliphatic rings. The van der Waals surface area contributed by atoms with Gasteiger partial charge in [0.25, 0.3) is 5.91 Å². The Hall–Kier alpha value is -2.25. The van der Waals surface area contributed by atoms with E-state index in [-0.39, 0.29) is 22.7 Å². The summed E-state index contributed by atoms with van der Waals surface area (Å²) in [4.78, 5) is 14.5. The number of ether oxygens (including phenoxy) is 1. The second-order valence-electron chi connectivity index (χ2n) is 5.96. The first kappa shape index (κ1) is 17.6. The fraction of sp³-hybridized carbons (Fsp3) is 0.278. The normalized spacial score (nSPS) is 18.2. The van der Waals surface area contributed by atoms with Gasteiger partial charge in [0.2, 0.25) is 0 Å². The van der Waals surface area contributed by atoms with E-state index in [0.29, 0.717) is 25.3 Å². The molecule has 25 heavy (non-hydrogen) atoms. The minimum absolute atomic E-state index is 0.176. The summed E-state index contributed by atoms with van der Waals surface area (Å²) in [5, 5.41) is 0. The number of hydrogen-bond donors (Lipinski definition) is 0. The SMILES string of the molecule is CS(=O)(=O)c1ccc(C(=O)N2CCOC(c3ccc(F)cc3)C2)cc1. The maximum atomic E-state index is 13.0. The van der Waals surface area contributed by atoms with E-state index in [0.717, 1.165) is 11.8 Å². The first-order chi connectivity index (χ1) is 11.8. The predicted octanol–water partition coefficient (Wildman–Crippen LogP) is 2.44. The molecule has 1 amide bonds. The van der Waals surface area contributed by atoms with Crippen molar-refractivity contribution in [3.63, 3.8) is 0 Å². The van der Waals surface area contributed by atoms with Gasteiger partial charge in [0.05, 0.1) is 18.0 Å². The van der Waals surface area contributed by atoms with Gasteiger partial charge >= 0.3 is 0 Å². The van der Waals surface area contributed by atoms with Crippen LogP contribution in [0.5, 0.6) is 0 Å². The van der Waals surface area contributed by atoms with Crippen LogP contribution in [0.15, 0.2) is 53.4 Å². The summed E-state index contributed by atoms with van der Waals surface area (Å²) in [6.45, 7) is 1.19. The number of rotatable bonds is 3. The van der Waals surface area contributed by atoms with Crippen molar-refractivity contribution in [1.82, 2.24) is 4.90 Å². The van der Waals surface area contributed by atoms with Gasteiger partial charge in [-0.25, -0.2) is 12.8 Å². The molecular formula is C18H18FNO4S. The summed E-state index contributed by atoms with van der Waals surface area (Å²) in [7, 11) is -3.29. The summed E-state index contributed by atoms with van der Waals surface area (Å²) in [5.74, 6) is -0.506. The Kier molecular flexibility index (Phi) is 4.87. The van der Waals surface area contributed by atoms with Crippen LogP contribution in [0.1, 0.15) is 22.0 Å². The molecule has 2 aromatic rings. The molecule has 1 heterocycles.